The minimum atomic E-state index is -4.64. The standard InChI is InChI=1S/C26H20F3N5O4/c1-24-6-7-25(38-24,8-10-37-18-11-17(26(27,28)29)32-13-33-18)20-19(24)22(35)34(23(20)36)16-5-4-14(12-30)21-15(16)3-2-9-31-21/h2-5,9,11,13,19-20H,6-8,10H2,1H3. The maximum atomic E-state index is 13.9. The fourth-order valence-electron chi connectivity index (χ4n) is 6.19. The molecule has 9 nitrogen and oxygen atoms in total. The smallest absolute Gasteiger partial charge is 0.433 e. The van der Waals surface area contributed by atoms with Crippen molar-refractivity contribution in [3.8, 4) is 11.9 Å². The van der Waals surface area contributed by atoms with E-state index in [1.807, 2.05) is 6.92 Å². The number of imide groups is 1. The highest BCUT2D eigenvalue weighted by atomic mass is 19.4. The minimum absolute atomic E-state index is 0.0706. The first-order valence-corrected chi connectivity index (χ1v) is 12.0. The minimum Gasteiger partial charge on any atom is -0.477 e. The second kappa shape index (κ2) is 8.19. The number of ether oxygens (including phenoxy) is 2. The molecule has 12 heteroatoms. The van der Waals surface area contributed by atoms with E-state index in [2.05, 4.69) is 21.0 Å². The van der Waals surface area contributed by atoms with E-state index in [9.17, 15) is 28.0 Å². The molecular formula is C26H20F3N5O4. The fourth-order valence-corrected chi connectivity index (χ4v) is 6.19. The third kappa shape index (κ3) is 3.45. The number of nitrogens with zero attached hydrogens (tertiary/aromatic N) is 5. The molecule has 4 atom stereocenters. The van der Waals surface area contributed by atoms with E-state index in [-0.39, 0.29) is 24.8 Å². The fraction of sp³-hybridized carbons (Fsp3) is 0.385. The Morgan fingerprint density at radius 1 is 1.16 bits per heavy atom. The van der Waals surface area contributed by atoms with Crippen molar-refractivity contribution in [1.82, 2.24) is 15.0 Å². The summed E-state index contributed by atoms with van der Waals surface area (Å²) in [4.78, 5) is 40.0. The lowest BCUT2D eigenvalue weighted by Gasteiger charge is -2.31. The summed E-state index contributed by atoms with van der Waals surface area (Å²) in [6.07, 6.45) is -1.11. The second-order valence-corrected chi connectivity index (χ2v) is 9.93. The van der Waals surface area contributed by atoms with Gasteiger partial charge in [-0.05, 0) is 44.0 Å². The molecule has 3 aromatic rings. The molecule has 0 saturated carbocycles. The summed E-state index contributed by atoms with van der Waals surface area (Å²) >= 11 is 0. The van der Waals surface area contributed by atoms with Crippen molar-refractivity contribution in [3.05, 3.63) is 54.1 Å². The number of amides is 2. The summed E-state index contributed by atoms with van der Waals surface area (Å²) in [6, 6.07) is 9.28. The van der Waals surface area contributed by atoms with Gasteiger partial charge in [0.05, 0.1) is 46.4 Å². The van der Waals surface area contributed by atoms with Crippen molar-refractivity contribution < 1.29 is 32.2 Å². The highest BCUT2D eigenvalue weighted by Crippen LogP contribution is 2.62. The normalized spacial score (nSPS) is 28.1. The van der Waals surface area contributed by atoms with Crippen molar-refractivity contribution in [3.63, 3.8) is 0 Å². The van der Waals surface area contributed by atoms with E-state index in [1.165, 1.54) is 17.2 Å². The SMILES string of the molecule is CC12CCC(CCOc3cc(C(F)(F)F)ncn3)(O1)C1C(=O)N(c3ccc(C#N)c4ncccc34)C(=O)C12. The summed E-state index contributed by atoms with van der Waals surface area (Å²) in [7, 11) is 0. The van der Waals surface area contributed by atoms with E-state index < -0.39 is 40.8 Å². The first-order chi connectivity index (χ1) is 18.1. The topological polar surface area (TPSA) is 118 Å². The lowest BCUT2D eigenvalue weighted by molar-refractivity contribution is -0.141. The third-order valence-electron chi connectivity index (χ3n) is 7.83. The highest BCUT2D eigenvalue weighted by Gasteiger charge is 2.73. The molecule has 2 aromatic heterocycles. The highest BCUT2D eigenvalue weighted by molar-refractivity contribution is 6.26. The van der Waals surface area contributed by atoms with Crippen molar-refractivity contribution in [2.24, 2.45) is 11.8 Å². The van der Waals surface area contributed by atoms with Crippen LogP contribution in [0.2, 0.25) is 0 Å². The van der Waals surface area contributed by atoms with Gasteiger partial charge in [0.1, 0.15) is 12.4 Å². The number of halogens is 3. The summed E-state index contributed by atoms with van der Waals surface area (Å²) in [5.74, 6) is -2.55. The van der Waals surface area contributed by atoms with Gasteiger partial charge in [0, 0.05) is 24.1 Å². The van der Waals surface area contributed by atoms with Gasteiger partial charge in [0.25, 0.3) is 0 Å². The Kier molecular flexibility index (Phi) is 5.23. The van der Waals surface area contributed by atoms with Gasteiger partial charge in [-0.1, -0.05) is 0 Å². The quantitative estimate of drug-likeness (QED) is 0.464. The van der Waals surface area contributed by atoms with Crippen LogP contribution < -0.4 is 9.64 Å². The third-order valence-corrected chi connectivity index (χ3v) is 7.83. The van der Waals surface area contributed by atoms with E-state index >= 15 is 0 Å². The number of anilines is 1. The molecule has 3 saturated heterocycles. The average molecular weight is 523 g/mol. The maximum absolute atomic E-state index is 13.9. The zero-order valence-electron chi connectivity index (χ0n) is 20.0. The first kappa shape index (κ1) is 24.2. The molecule has 2 bridgehead atoms. The van der Waals surface area contributed by atoms with Crippen LogP contribution in [0.3, 0.4) is 0 Å². The molecule has 0 aliphatic carbocycles. The van der Waals surface area contributed by atoms with Crippen LogP contribution in [0.25, 0.3) is 10.9 Å². The number of rotatable bonds is 5. The van der Waals surface area contributed by atoms with Crippen molar-refractivity contribution in [2.75, 3.05) is 11.5 Å². The molecule has 3 fully saturated rings. The number of benzene rings is 1. The van der Waals surface area contributed by atoms with Crippen LogP contribution in [0, 0.1) is 23.2 Å². The number of aromatic nitrogens is 3. The molecule has 0 radical (unpaired) electrons. The Hall–Kier alpha value is -4.11. The van der Waals surface area contributed by atoms with Crippen LogP contribution >= 0.6 is 0 Å². The largest absolute Gasteiger partial charge is 0.477 e. The maximum Gasteiger partial charge on any atom is 0.433 e. The Balaban J connectivity index is 1.30. The molecular weight excluding hydrogens is 503 g/mol. The first-order valence-electron chi connectivity index (χ1n) is 12.0. The number of nitriles is 1. The summed E-state index contributed by atoms with van der Waals surface area (Å²) in [6.45, 7) is 1.74. The molecule has 0 spiro atoms. The van der Waals surface area contributed by atoms with Crippen LogP contribution in [0.4, 0.5) is 18.9 Å². The van der Waals surface area contributed by atoms with Gasteiger partial charge in [0.15, 0.2) is 5.69 Å². The zero-order chi connectivity index (χ0) is 26.9. The lowest BCUT2D eigenvalue weighted by Crippen LogP contribution is -2.43. The molecule has 3 aliphatic rings. The Bertz CT molecular complexity index is 1540. The molecule has 4 unspecified atom stereocenters. The Morgan fingerprint density at radius 3 is 2.71 bits per heavy atom. The van der Waals surface area contributed by atoms with Gasteiger partial charge >= 0.3 is 6.18 Å². The van der Waals surface area contributed by atoms with Crippen LogP contribution in [0.1, 0.15) is 37.4 Å². The zero-order valence-corrected chi connectivity index (χ0v) is 20.0. The average Bonchev–Trinajstić information content (AvgIpc) is 3.47. The molecule has 1 aromatic carbocycles. The molecule has 3 aliphatic heterocycles. The molecule has 194 valence electrons. The van der Waals surface area contributed by atoms with E-state index in [0.717, 1.165) is 6.33 Å². The molecule has 5 heterocycles. The lowest BCUT2D eigenvalue weighted by atomic mass is 9.67. The number of hydrogen-bond donors (Lipinski definition) is 0. The van der Waals surface area contributed by atoms with Crippen LogP contribution in [-0.4, -0.2) is 44.6 Å². The molecule has 2 amide bonds. The van der Waals surface area contributed by atoms with E-state index in [4.69, 9.17) is 9.47 Å². The van der Waals surface area contributed by atoms with E-state index in [1.54, 1.807) is 18.2 Å². The van der Waals surface area contributed by atoms with Gasteiger partial charge < -0.3 is 9.47 Å². The summed E-state index contributed by atoms with van der Waals surface area (Å²) in [5.41, 5.74) is -1.94. The van der Waals surface area contributed by atoms with Crippen LogP contribution in [-0.2, 0) is 20.5 Å². The number of pyridine rings is 1. The predicted octanol–water partition coefficient (Wildman–Crippen LogP) is 3.81. The van der Waals surface area contributed by atoms with Gasteiger partial charge in [-0.15, -0.1) is 0 Å². The number of hydrogen-bond acceptors (Lipinski definition) is 8. The molecule has 6 rings (SSSR count). The van der Waals surface area contributed by atoms with Gasteiger partial charge in [-0.3, -0.25) is 14.6 Å². The number of alkyl halides is 3. The van der Waals surface area contributed by atoms with Gasteiger partial charge in [0.2, 0.25) is 17.7 Å². The Labute approximate surface area is 214 Å². The van der Waals surface area contributed by atoms with Crippen LogP contribution in [0.15, 0.2) is 42.9 Å². The monoisotopic (exact) mass is 523 g/mol. The summed E-state index contributed by atoms with van der Waals surface area (Å²) < 4.78 is 50.8. The second-order valence-electron chi connectivity index (χ2n) is 9.93. The Morgan fingerprint density at radius 2 is 1.95 bits per heavy atom. The molecule has 38 heavy (non-hydrogen) atoms. The van der Waals surface area contributed by atoms with Crippen molar-refractivity contribution >= 4 is 28.4 Å². The number of carbonyl (C=O) groups is 2. The predicted molar refractivity (Wildman–Crippen MR) is 125 cm³/mol. The summed E-state index contributed by atoms with van der Waals surface area (Å²) in [5, 5.41) is 9.97. The van der Waals surface area contributed by atoms with E-state index in [0.29, 0.717) is 41.1 Å². The van der Waals surface area contributed by atoms with Crippen molar-refractivity contribution in [2.45, 2.75) is 43.6 Å². The molecule has 0 N–H and O–H groups in total. The van der Waals surface area contributed by atoms with Crippen LogP contribution in [0.5, 0.6) is 5.88 Å². The van der Waals surface area contributed by atoms with Crippen molar-refractivity contribution in [1.29, 1.82) is 5.26 Å². The number of fused-ring (bicyclic) bond motifs is 6. The van der Waals surface area contributed by atoms with Gasteiger partial charge in [-0.25, -0.2) is 14.9 Å². The number of carbonyl (C=O) groups excluding carboxylic acids is 2. The van der Waals surface area contributed by atoms with Gasteiger partial charge in [-0.2, -0.15) is 18.4 Å².